The molecule has 1 atom stereocenters. The van der Waals surface area contributed by atoms with Crippen molar-refractivity contribution in [2.75, 3.05) is 32.8 Å². The van der Waals surface area contributed by atoms with Crippen LogP contribution in [0.15, 0.2) is 30.5 Å². The molecule has 2 aromatic rings. The molecule has 0 saturated carbocycles. The number of urea groups is 1. The third kappa shape index (κ3) is 2.78. The third-order valence-corrected chi connectivity index (χ3v) is 6.37. The Hall–Kier alpha value is -2.50. The van der Waals surface area contributed by atoms with Crippen molar-refractivity contribution < 1.29 is 9.53 Å². The third-order valence-electron chi connectivity index (χ3n) is 6.37. The molecule has 3 aliphatic heterocycles. The van der Waals surface area contributed by atoms with Gasteiger partial charge in [-0.25, -0.2) is 4.79 Å². The summed E-state index contributed by atoms with van der Waals surface area (Å²) in [6, 6.07) is 8.78. The van der Waals surface area contributed by atoms with Crippen molar-refractivity contribution in [1.82, 2.24) is 20.0 Å². The zero-order chi connectivity index (χ0) is 18.6. The fourth-order valence-electron chi connectivity index (χ4n) is 4.53. The van der Waals surface area contributed by atoms with Gasteiger partial charge in [-0.05, 0) is 24.1 Å². The molecule has 4 heterocycles. The number of likely N-dealkylation sites (tertiary alicyclic amines) is 2. The van der Waals surface area contributed by atoms with E-state index in [0.29, 0.717) is 11.8 Å². The van der Waals surface area contributed by atoms with Gasteiger partial charge in [0.05, 0.1) is 6.61 Å². The van der Waals surface area contributed by atoms with Gasteiger partial charge in [0.2, 0.25) is 0 Å². The summed E-state index contributed by atoms with van der Waals surface area (Å²) in [7, 11) is 0. The summed E-state index contributed by atoms with van der Waals surface area (Å²) in [5, 5.41) is 7.06. The highest BCUT2D eigenvalue weighted by Gasteiger charge is 2.38. The van der Waals surface area contributed by atoms with E-state index in [-0.39, 0.29) is 11.4 Å². The smallest absolute Gasteiger partial charge is 0.320 e. The van der Waals surface area contributed by atoms with Crippen molar-refractivity contribution >= 4 is 6.03 Å². The monoisotopic (exact) mass is 366 g/mol. The van der Waals surface area contributed by atoms with Gasteiger partial charge in [0.1, 0.15) is 5.75 Å². The number of nitrogens with one attached hydrogen (secondary N) is 1. The first-order chi connectivity index (χ1) is 13.0. The maximum absolute atomic E-state index is 12.8. The van der Waals surface area contributed by atoms with Gasteiger partial charge in [-0.3, -0.25) is 5.10 Å². The minimum atomic E-state index is 0.0937. The molecule has 2 fully saturated rings. The van der Waals surface area contributed by atoms with Crippen LogP contribution in [0.2, 0.25) is 0 Å². The topological polar surface area (TPSA) is 61.5 Å². The van der Waals surface area contributed by atoms with Crippen LogP contribution >= 0.6 is 0 Å². The standard InChI is InChI=1S/C21H26N4O2/c1-21(2)13-27-19-9-14(3-4-17(19)21)16-11-25(12-16)20(26)24-8-6-15(10-24)18-5-7-22-23-18/h3-5,7,9,15-16H,6,8,10-13H2,1-2H3,(H,22,23). The molecule has 6 heteroatoms. The van der Waals surface area contributed by atoms with Gasteiger partial charge in [0, 0.05) is 60.9 Å². The fraction of sp³-hybridized carbons (Fsp3) is 0.524. The van der Waals surface area contributed by atoms with Crippen molar-refractivity contribution in [2.45, 2.75) is 37.5 Å². The molecule has 142 valence electrons. The first-order valence-electron chi connectivity index (χ1n) is 9.81. The number of benzene rings is 1. The molecule has 1 N–H and O–H groups in total. The number of aromatic amines is 1. The highest BCUT2D eigenvalue weighted by Crippen LogP contribution is 2.41. The lowest BCUT2D eigenvalue weighted by Crippen LogP contribution is -2.53. The fourth-order valence-corrected chi connectivity index (χ4v) is 4.53. The van der Waals surface area contributed by atoms with Crippen molar-refractivity contribution in [3.05, 3.63) is 47.3 Å². The molecule has 1 aromatic heterocycles. The second-order valence-corrected chi connectivity index (χ2v) is 8.76. The average molecular weight is 366 g/mol. The molecule has 0 spiro atoms. The van der Waals surface area contributed by atoms with Crippen molar-refractivity contribution in [3.8, 4) is 5.75 Å². The number of carbonyl (C=O) groups is 1. The lowest BCUT2D eigenvalue weighted by atomic mass is 9.84. The van der Waals surface area contributed by atoms with Gasteiger partial charge in [0.15, 0.2) is 0 Å². The Labute approximate surface area is 159 Å². The van der Waals surface area contributed by atoms with E-state index in [1.54, 1.807) is 6.20 Å². The number of amides is 2. The predicted molar refractivity (Wildman–Crippen MR) is 102 cm³/mol. The van der Waals surface area contributed by atoms with Gasteiger partial charge < -0.3 is 14.5 Å². The van der Waals surface area contributed by atoms with Crippen LogP contribution in [0.4, 0.5) is 4.79 Å². The average Bonchev–Trinajstić information content (AvgIpc) is 3.33. The number of hydrogen-bond donors (Lipinski definition) is 1. The molecule has 6 nitrogen and oxygen atoms in total. The van der Waals surface area contributed by atoms with E-state index in [1.807, 2.05) is 15.9 Å². The number of hydrogen-bond acceptors (Lipinski definition) is 3. The predicted octanol–water partition coefficient (Wildman–Crippen LogP) is 3.09. The Morgan fingerprint density at radius 3 is 2.78 bits per heavy atom. The minimum absolute atomic E-state index is 0.0937. The molecule has 0 radical (unpaired) electrons. The van der Waals surface area contributed by atoms with Crippen LogP contribution in [0.3, 0.4) is 0 Å². The number of ether oxygens (including phenoxy) is 1. The molecule has 1 unspecified atom stereocenters. The number of nitrogens with zero attached hydrogens (tertiary/aromatic N) is 3. The summed E-state index contributed by atoms with van der Waals surface area (Å²) in [6.07, 6.45) is 2.78. The highest BCUT2D eigenvalue weighted by atomic mass is 16.5. The lowest BCUT2D eigenvalue weighted by Gasteiger charge is -2.41. The molecule has 2 amide bonds. The molecule has 2 saturated heterocycles. The molecule has 27 heavy (non-hydrogen) atoms. The van der Waals surface area contributed by atoms with Crippen LogP contribution in [-0.4, -0.2) is 58.8 Å². The minimum Gasteiger partial charge on any atom is -0.492 e. The summed E-state index contributed by atoms with van der Waals surface area (Å²) in [6.45, 7) is 8.38. The second kappa shape index (κ2) is 6.01. The molecular formula is C21H26N4O2. The lowest BCUT2D eigenvalue weighted by molar-refractivity contribution is 0.121. The van der Waals surface area contributed by atoms with E-state index < -0.39 is 0 Å². The van der Waals surface area contributed by atoms with Gasteiger partial charge in [-0.1, -0.05) is 26.0 Å². The first kappa shape index (κ1) is 16.7. The highest BCUT2D eigenvalue weighted by molar-refractivity contribution is 5.76. The number of rotatable bonds is 2. The van der Waals surface area contributed by atoms with Crippen LogP contribution in [0.1, 0.15) is 48.9 Å². The summed E-state index contributed by atoms with van der Waals surface area (Å²) in [5.74, 6) is 1.81. The van der Waals surface area contributed by atoms with Crippen LogP contribution < -0.4 is 4.74 Å². The molecule has 3 aliphatic rings. The summed E-state index contributed by atoms with van der Waals surface area (Å²) >= 11 is 0. The Kier molecular flexibility index (Phi) is 3.71. The maximum atomic E-state index is 12.8. The number of carbonyl (C=O) groups excluding carboxylic acids is 1. The van der Waals surface area contributed by atoms with Crippen molar-refractivity contribution in [3.63, 3.8) is 0 Å². The zero-order valence-corrected chi connectivity index (χ0v) is 15.9. The van der Waals surface area contributed by atoms with Crippen LogP contribution in [0.25, 0.3) is 0 Å². The summed E-state index contributed by atoms with van der Waals surface area (Å²) < 4.78 is 5.88. The molecular weight excluding hydrogens is 340 g/mol. The van der Waals surface area contributed by atoms with Crippen molar-refractivity contribution in [2.24, 2.45) is 0 Å². The first-order valence-corrected chi connectivity index (χ1v) is 9.81. The van der Waals surface area contributed by atoms with Gasteiger partial charge >= 0.3 is 6.03 Å². The maximum Gasteiger partial charge on any atom is 0.320 e. The number of aromatic nitrogens is 2. The van der Waals surface area contributed by atoms with E-state index in [2.05, 4.69) is 42.2 Å². The summed E-state index contributed by atoms with van der Waals surface area (Å²) in [5.41, 5.74) is 3.80. The second-order valence-electron chi connectivity index (χ2n) is 8.76. The molecule has 1 aromatic carbocycles. The van der Waals surface area contributed by atoms with E-state index in [0.717, 1.165) is 50.7 Å². The van der Waals surface area contributed by atoms with Crippen LogP contribution in [0.5, 0.6) is 5.75 Å². The Bertz CT molecular complexity index is 855. The Balaban J connectivity index is 1.20. The van der Waals surface area contributed by atoms with Crippen LogP contribution in [0, 0.1) is 0 Å². The Morgan fingerprint density at radius 2 is 2.00 bits per heavy atom. The number of fused-ring (bicyclic) bond motifs is 1. The van der Waals surface area contributed by atoms with E-state index in [1.165, 1.54) is 11.1 Å². The van der Waals surface area contributed by atoms with Gasteiger partial charge in [0.25, 0.3) is 0 Å². The normalized spacial score (nSPS) is 23.9. The zero-order valence-electron chi connectivity index (χ0n) is 15.9. The van der Waals surface area contributed by atoms with Gasteiger partial charge in [-0.15, -0.1) is 0 Å². The summed E-state index contributed by atoms with van der Waals surface area (Å²) in [4.78, 5) is 16.7. The Morgan fingerprint density at radius 1 is 1.19 bits per heavy atom. The van der Waals surface area contributed by atoms with Gasteiger partial charge in [-0.2, -0.15) is 5.10 Å². The quantitative estimate of drug-likeness (QED) is 0.888. The van der Waals surface area contributed by atoms with Crippen LogP contribution in [-0.2, 0) is 5.41 Å². The van der Waals surface area contributed by atoms with E-state index in [4.69, 9.17) is 4.74 Å². The number of H-pyrrole nitrogens is 1. The van der Waals surface area contributed by atoms with E-state index >= 15 is 0 Å². The van der Waals surface area contributed by atoms with Crippen molar-refractivity contribution in [1.29, 1.82) is 0 Å². The SMILES string of the molecule is CC1(C)COc2cc(C3CN(C(=O)N4CCC(c5ccn[nH]5)C4)C3)ccc21. The molecule has 0 bridgehead atoms. The molecule has 5 rings (SSSR count). The largest absolute Gasteiger partial charge is 0.492 e. The van der Waals surface area contributed by atoms with E-state index in [9.17, 15) is 4.79 Å². The molecule has 0 aliphatic carbocycles.